The molecule has 0 bridgehead atoms. The van der Waals surface area contributed by atoms with E-state index in [1.807, 2.05) is 0 Å². The van der Waals surface area contributed by atoms with Crippen molar-refractivity contribution >= 4 is 11.6 Å². The smallest absolute Gasteiger partial charge is 0.435 e. The number of fused-ring (bicyclic) bond motifs is 1. The second-order valence-electron chi connectivity index (χ2n) is 5.64. The summed E-state index contributed by atoms with van der Waals surface area (Å²) in [5.74, 6) is 0.595. The Hall–Kier alpha value is -2.71. The molecule has 0 aliphatic carbocycles. The Bertz CT molecular complexity index is 802. The Morgan fingerprint density at radius 1 is 1.24 bits per heavy atom. The van der Waals surface area contributed by atoms with Gasteiger partial charge in [-0.15, -0.1) is 0 Å². The van der Waals surface area contributed by atoms with E-state index in [0.717, 1.165) is 10.7 Å². The maximum atomic E-state index is 12.8. The Morgan fingerprint density at radius 3 is 2.56 bits per heavy atom. The molecule has 0 saturated carbocycles. The third kappa shape index (κ3) is 3.54. The molecule has 0 saturated heterocycles. The molecule has 1 amide bonds. The molecule has 3 rings (SSSR count). The van der Waals surface area contributed by atoms with Crippen molar-refractivity contribution in [2.45, 2.75) is 26.1 Å². The van der Waals surface area contributed by atoms with Crippen LogP contribution in [0.4, 0.5) is 18.9 Å². The van der Waals surface area contributed by atoms with E-state index in [-0.39, 0.29) is 5.69 Å². The number of aryl methyl sites for hydroxylation is 1. The van der Waals surface area contributed by atoms with Gasteiger partial charge in [0.25, 0.3) is 0 Å². The molecule has 2 heterocycles. The van der Waals surface area contributed by atoms with Gasteiger partial charge >= 0.3 is 6.18 Å². The second-order valence-corrected chi connectivity index (χ2v) is 5.64. The third-order valence-electron chi connectivity index (χ3n) is 3.77. The van der Waals surface area contributed by atoms with Crippen molar-refractivity contribution in [1.29, 1.82) is 0 Å². The number of ether oxygens (including phenoxy) is 2. The fourth-order valence-corrected chi connectivity index (χ4v) is 2.50. The first kappa shape index (κ1) is 17.1. The largest absolute Gasteiger partial charge is 0.486 e. The van der Waals surface area contributed by atoms with Gasteiger partial charge in [0.15, 0.2) is 17.2 Å². The molecular formula is C16H16F3N3O3. The number of anilines is 1. The SMILES string of the molecule is Cc1cc(C(F)(F)F)nn1[C@H](C)C(=O)Nc1ccc2c(c1)OCCO2. The first-order valence-electron chi connectivity index (χ1n) is 7.59. The van der Waals surface area contributed by atoms with Gasteiger partial charge in [0.05, 0.1) is 0 Å². The van der Waals surface area contributed by atoms with E-state index in [0.29, 0.717) is 30.4 Å². The van der Waals surface area contributed by atoms with Crippen LogP contribution in [0.3, 0.4) is 0 Å². The summed E-state index contributed by atoms with van der Waals surface area (Å²) < 4.78 is 50.1. The molecule has 9 heteroatoms. The molecule has 2 aromatic rings. The molecule has 1 atom stereocenters. The summed E-state index contributed by atoms with van der Waals surface area (Å²) in [6, 6.07) is 4.90. The van der Waals surface area contributed by atoms with E-state index in [1.165, 1.54) is 13.8 Å². The molecular weight excluding hydrogens is 339 g/mol. The molecule has 1 N–H and O–H groups in total. The summed E-state index contributed by atoms with van der Waals surface area (Å²) in [6.07, 6.45) is -4.55. The van der Waals surface area contributed by atoms with Gasteiger partial charge in [-0.1, -0.05) is 0 Å². The highest BCUT2D eigenvalue weighted by Gasteiger charge is 2.35. The number of nitrogens with one attached hydrogen (secondary N) is 1. The zero-order chi connectivity index (χ0) is 18.2. The first-order valence-corrected chi connectivity index (χ1v) is 7.59. The summed E-state index contributed by atoms with van der Waals surface area (Å²) in [5, 5.41) is 6.15. The molecule has 0 radical (unpaired) electrons. The van der Waals surface area contributed by atoms with Crippen molar-refractivity contribution in [2.24, 2.45) is 0 Å². The number of benzene rings is 1. The fourth-order valence-electron chi connectivity index (χ4n) is 2.50. The zero-order valence-corrected chi connectivity index (χ0v) is 13.6. The third-order valence-corrected chi connectivity index (χ3v) is 3.77. The van der Waals surface area contributed by atoms with Crippen molar-refractivity contribution in [1.82, 2.24) is 9.78 Å². The first-order chi connectivity index (χ1) is 11.8. The van der Waals surface area contributed by atoms with Gasteiger partial charge in [0, 0.05) is 17.4 Å². The van der Waals surface area contributed by atoms with Gasteiger partial charge in [-0.3, -0.25) is 9.48 Å². The van der Waals surface area contributed by atoms with Crippen LogP contribution in [-0.4, -0.2) is 28.9 Å². The summed E-state index contributed by atoms with van der Waals surface area (Å²) >= 11 is 0. The van der Waals surface area contributed by atoms with Crippen molar-refractivity contribution < 1.29 is 27.4 Å². The predicted molar refractivity (Wildman–Crippen MR) is 82.7 cm³/mol. The number of rotatable bonds is 3. The monoisotopic (exact) mass is 355 g/mol. The normalized spacial score (nSPS) is 14.9. The Morgan fingerprint density at radius 2 is 1.92 bits per heavy atom. The lowest BCUT2D eigenvalue weighted by Gasteiger charge is -2.20. The van der Waals surface area contributed by atoms with Gasteiger partial charge < -0.3 is 14.8 Å². The van der Waals surface area contributed by atoms with Crippen LogP contribution >= 0.6 is 0 Å². The van der Waals surface area contributed by atoms with Crippen LogP contribution < -0.4 is 14.8 Å². The van der Waals surface area contributed by atoms with Gasteiger partial charge in [-0.25, -0.2) is 0 Å². The number of hydrogen-bond acceptors (Lipinski definition) is 4. The average molecular weight is 355 g/mol. The average Bonchev–Trinajstić information content (AvgIpc) is 2.96. The Balaban J connectivity index is 1.76. The van der Waals surface area contributed by atoms with Crippen molar-refractivity contribution in [2.75, 3.05) is 18.5 Å². The maximum absolute atomic E-state index is 12.8. The molecule has 1 aromatic carbocycles. The summed E-state index contributed by atoms with van der Waals surface area (Å²) in [4.78, 5) is 12.4. The summed E-state index contributed by atoms with van der Waals surface area (Å²) in [7, 11) is 0. The summed E-state index contributed by atoms with van der Waals surface area (Å²) in [6.45, 7) is 3.81. The van der Waals surface area contributed by atoms with Crippen LogP contribution in [0, 0.1) is 6.92 Å². The van der Waals surface area contributed by atoms with E-state index in [1.54, 1.807) is 18.2 Å². The minimum absolute atomic E-state index is 0.247. The van der Waals surface area contributed by atoms with Crippen molar-refractivity contribution in [3.05, 3.63) is 35.7 Å². The lowest BCUT2D eigenvalue weighted by molar-refractivity contribution is -0.141. The van der Waals surface area contributed by atoms with E-state index in [9.17, 15) is 18.0 Å². The number of aromatic nitrogens is 2. The molecule has 1 aliphatic heterocycles. The zero-order valence-electron chi connectivity index (χ0n) is 13.6. The number of carbonyl (C=O) groups excluding carboxylic acids is 1. The fraction of sp³-hybridized carbons (Fsp3) is 0.375. The number of halogens is 3. The van der Waals surface area contributed by atoms with E-state index < -0.39 is 23.8 Å². The predicted octanol–water partition coefficient (Wildman–Crippen LogP) is 3.18. The molecule has 0 unspecified atom stereocenters. The molecule has 134 valence electrons. The number of nitrogens with zero attached hydrogens (tertiary/aromatic N) is 2. The van der Waals surface area contributed by atoms with Crippen LogP contribution in [0.15, 0.2) is 24.3 Å². The quantitative estimate of drug-likeness (QED) is 0.918. The van der Waals surface area contributed by atoms with E-state index in [2.05, 4.69) is 10.4 Å². The minimum atomic E-state index is -4.55. The van der Waals surface area contributed by atoms with Crippen LogP contribution in [0.25, 0.3) is 0 Å². The Labute approximate surface area is 141 Å². The molecule has 0 fully saturated rings. The van der Waals surface area contributed by atoms with E-state index >= 15 is 0 Å². The van der Waals surface area contributed by atoms with Crippen molar-refractivity contribution in [3.8, 4) is 11.5 Å². The van der Waals surface area contributed by atoms with Crippen LogP contribution in [0.2, 0.25) is 0 Å². The van der Waals surface area contributed by atoms with E-state index in [4.69, 9.17) is 9.47 Å². The maximum Gasteiger partial charge on any atom is 0.435 e. The van der Waals surface area contributed by atoms with Gasteiger partial charge in [0.1, 0.15) is 19.3 Å². The number of amides is 1. The molecule has 6 nitrogen and oxygen atoms in total. The van der Waals surface area contributed by atoms with Crippen LogP contribution in [0.1, 0.15) is 24.4 Å². The highest BCUT2D eigenvalue weighted by molar-refractivity contribution is 5.93. The van der Waals surface area contributed by atoms with Gasteiger partial charge in [0.2, 0.25) is 5.91 Å². The highest BCUT2D eigenvalue weighted by atomic mass is 19.4. The van der Waals surface area contributed by atoms with Gasteiger partial charge in [-0.2, -0.15) is 18.3 Å². The minimum Gasteiger partial charge on any atom is -0.486 e. The lowest BCUT2D eigenvalue weighted by atomic mass is 10.2. The molecule has 25 heavy (non-hydrogen) atoms. The number of hydrogen-bond donors (Lipinski definition) is 1. The van der Waals surface area contributed by atoms with Crippen LogP contribution in [0.5, 0.6) is 11.5 Å². The molecule has 1 aliphatic rings. The molecule has 1 aromatic heterocycles. The highest BCUT2D eigenvalue weighted by Crippen LogP contribution is 2.33. The summed E-state index contributed by atoms with van der Waals surface area (Å²) in [5.41, 5.74) is -0.317. The molecule has 0 spiro atoms. The van der Waals surface area contributed by atoms with Crippen LogP contribution in [-0.2, 0) is 11.0 Å². The van der Waals surface area contributed by atoms with Crippen molar-refractivity contribution in [3.63, 3.8) is 0 Å². The number of alkyl halides is 3. The second kappa shape index (κ2) is 6.30. The standard InChI is InChI=1S/C16H16F3N3O3/c1-9-7-14(16(17,18)19)21-22(9)10(2)15(23)20-11-3-4-12-13(8-11)25-6-5-24-12/h3-4,7-8,10H,5-6H2,1-2H3,(H,20,23)/t10-/m1/s1. The lowest BCUT2D eigenvalue weighted by Crippen LogP contribution is -2.25. The van der Waals surface area contributed by atoms with Gasteiger partial charge in [-0.05, 0) is 32.0 Å². The Kier molecular flexibility index (Phi) is 4.32. The topological polar surface area (TPSA) is 65.4 Å². The number of carbonyl (C=O) groups is 1.